The summed E-state index contributed by atoms with van der Waals surface area (Å²) in [6.45, 7) is 6.84. The lowest BCUT2D eigenvalue weighted by atomic mass is 9.97. The van der Waals surface area contributed by atoms with Gasteiger partial charge in [0.1, 0.15) is 17.7 Å². The van der Waals surface area contributed by atoms with Crippen LogP contribution in [0.25, 0.3) is 0 Å². The molecule has 0 spiro atoms. The number of rotatable bonds is 7. The molecule has 2 heterocycles. The van der Waals surface area contributed by atoms with Gasteiger partial charge in [0.2, 0.25) is 11.8 Å². The number of aryl methyl sites for hydroxylation is 1. The fourth-order valence-corrected chi connectivity index (χ4v) is 5.31. The highest BCUT2D eigenvalue weighted by molar-refractivity contribution is 5.88. The van der Waals surface area contributed by atoms with Crippen molar-refractivity contribution in [3.63, 3.8) is 0 Å². The van der Waals surface area contributed by atoms with E-state index in [-0.39, 0.29) is 30.1 Å². The molecule has 4 atom stereocenters. The number of ether oxygens (including phenoxy) is 1. The summed E-state index contributed by atoms with van der Waals surface area (Å²) in [5, 5.41) is 10.8. The Morgan fingerprint density at radius 2 is 1.71 bits per heavy atom. The van der Waals surface area contributed by atoms with Gasteiger partial charge in [-0.05, 0) is 36.8 Å². The number of methoxy groups -OCH3 is 1. The first-order chi connectivity index (χ1) is 20.3. The van der Waals surface area contributed by atoms with E-state index >= 15 is 0 Å². The van der Waals surface area contributed by atoms with Gasteiger partial charge >= 0.3 is 0 Å². The van der Waals surface area contributed by atoms with Gasteiger partial charge < -0.3 is 20.3 Å². The average Bonchev–Trinajstić information content (AvgIpc) is 3.37. The lowest BCUT2D eigenvalue weighted by Gasteiger charge is -2.29. The molecule has 1 aliphatic rings. The Morgan fingerprint density at radius 3 is 2.38 bits per heavy atom. The van der Waals surface area contributed by atoms with Crippen LogP contribution >= 0.6 is 0 Å². The van der Waals surface area contributed by atoms with Crippen molar-refractivity contribution >= 4 is 17.7 Å². The Bertz CT molecular complexity index is 1330. The fraction of sp³-hybridized carbons (Fsp3) is 0.469. The van der Waals surface area contributed by atoms with E-state index in [1.807, 2.05) is 81.4 Å². The summed E-state index contributed by atoms with van der Waals surface area (Å²) in [6, 6.07) is 18.1. The van der Waals surface area contributed by atoms with E-state index in [0.717, 1.165) is 17.5 Å². The van der Waals surface area contributed by atoms with Crippen LogP contribution in [0.4, 0.5) is 0 Å². The lowest BCUT2D eigenvalue weighted by Crippen LogP contribution is -2.51. The third-order valence-corrected chi connectivity index (χ3v) is 7.82. The summed E-state index contributed by atoms with van der Waals surface area (Å²) in [4.78, 5) is 47.0. The van der Waals surface area contributed by atoms with E-state index in [1.165, 1.54) is 7.11 Å². The molecule has 3 amide bonds. The van der Waals surface area contributed by atoms with Crippen LogP contribution in [0, 0.1) is 12.8 Å². The fourth-order valence-electron chi connectivity index (χ4n) is 5.31. The maximum atomic E-state index is 13.8. The zero-order chi connectivity index (χ0) is 30.1. The van der Waals surface area contributed by atoms with Gasteiger partial charge in [0.05, 0.1) is 12.6 Å². The van der Waals surface area contributed by atoms with Crippen molar-refractivity contribution < 1.29 is 19.1 Å². The number of fused-ring (bicyclic) bond motifs is 1. The van der Waals surface area contributed by atoms with Gasteiger partial charge in [-0.2, -0.15) is 5.10 Å². The summed E-state index contributed by atoms with van der Waals surface area (Å²) in [7, 11) is 1.53. The van der Waals surface area contributed by atoms with Gasteiger partial charge in [-0.15, -0.1) is 0 Å². The van der Waals surface area contributed by atoms with Crippen LogP contribution in [0.1, 0.15) is 68.0 Å². The zero-order valence-electron chi connectivity index (χ0n) is 25.0. The molecule has 1 aromatic heterocycles. The Kier molecular flexibility index (Phi) is 10.8. The highest BCUT2D eigenvalue weighted by Crippen LogP contribution is 2.22. The van der Waals surface area contributed by atoms with E-state index in [4.69, 9.17) is 9.72 Å². The predicted octanol–water partition coefficient (Wildman–Crippen LogP) is 3.53. The number of hydrogen-bond acceptors (Lipinski definition) is 6. The Hall–Kier alpha value is -4.05. The number of nitrogens with one attached hydrogen (secondary N) is 2. The molecule has 10 nitrogen and oxygen atoms in total. The number of aromatic nitrogens is 3. The minimum Gasteiger partial charge on any atom is -0.367 e. The van der Waals surface area contributed by atoms with Crippen LogP contribution in [0.5, 0.6) is 0 Å². The van der Waals surface area contributed by atoms with Crippen molar-refractivity contribution in [3.05, 3.63) is 83.4 Å². The molecule has 4 rings (SSSR count). The van der Waals surface area contributed by atoms with Crippen molar-refractivity contribution in [2.24, 2.45) is 5.92 Å². The first-order valence-corrected chi connectivity index (χ1v) is 14.7. The summed E-state index contributed by atoms with van der Waals surface area (Å²) >= 11 is 0. The van der Waals surface area contributed by atoms with Crippen LogP contribution in [-0.4, -0.2) is 63.6 Å². The van der Waals surface area contributed by atoms with Crippen molar-refractivity contribution in [1.82, 2.24) is 30.3 Å². The molecule has 0 unspecified atom stereocenters. The Morgan fingerprint density at radius 1 is 1.02 bits per heavy atom. The first kappa shape index (κ1) is 30.9. The molecule has 224 valence electrons. The molecular weight excluding hydrogens is 532 g/mol. The summed E-state index contributed by atoms with van der Waals surface area (Å²) in [5.41, 5.74) is 1.80. The number of hydrogen-bond donors (Lipinski definition) is 2. The quantitative estimate of drug-likeness (QED) is 0.446. The van der Waals surface area contributed by atoms with Gasteiger partial charge in [0, 0.05) is 26.6 Å². The van der Waals surface area contributed by atoms with Gasteiger partial charge in [0.15, 0.2) is 6.10 Å². The summed E-state index contributed by atoms with van der Waals surface area (Å²) in [5.74, 6) is 0.460. The molecule has 0 radical (unpaired) electrons. The molecule has 0 bridgehead atoms. The van der Waals surface area contributed by atoms with Crippen LogP contribution in [-0.2, 0) is 32.1 Å². The smallest absolute Gasteiger partial charge is 0.256 e. The van der Waals surface area contributed by atoms with Gasteiger partial charge in [-0.25, -0.2) is 9.67 Å². The van der Waals surface area contributed by atoms with E-state index in [2.05, 4.69) is 15.7 Å². The van der Waals surface area contributed by atoms with Crippen molar-refractivity contribution in [2.75, 3.05) is 20.2 Å². The Balaban J connectivity index is 1.69. The molecule has 0 fully saturated rings. The van der Waals surface area contributed by atoms with Crippen LogP contribution in [0.15, 0.2) is 60.7 Å². The summed E-state index contributed by atoms with van der Waals surface area (Å²) in [6.07, 6.45) is 1.08. The van der Waals surface area contributed by atoms with E-state index < -0.39 is 18.2 Å². The molecular formula is C32H42N6O4. The van der Waals surface area contributed by atoms with Gasteiger partial charge in [-0.1, -0.05) is 80.9 Å². The first-order valence-electron chi connectivity index (χ1n) is 14.7. The molecule has 2 aromatic carbocycles. The second-order valence-electron chi connectivity index (χ2n) is 10.9. The molecule has 10 heteroatoms. The number of carbonyl (C=O) groups is 3. The third-order valence-electron chi connectivity index (χ3n) is 7.82. The van der Waals surface area contributed by atoms with Crippen LogP contribution < -0.4 is 10.6 Å². The van der Waals surface area contributed by atoms with Crippen molar-refractivity contribution in [2.45, 2.75) is 71.2 Å². The molecule has 0 saturated carbocycles. The van der Waals surface area contributed by atoms with Gasteiger partial charge in [0.25, 0.3) is 5.91 Å². The molecule has 0 saturated heterocycles. The monoisotopic (exact) mass is 574 g/mol. The molecule has 3 aromatic rings. The third kappa shape index (κ3) is 7.82. The number of carbonyl (C=O) groups excluding carboxylic acids is 3. The maximum Gasteiger partial charge on any atom is 0.256 e. The second kappa shape index (κ2) is 14.7. The minimum absolute atomic E-state index is 0.0785. The van der Waals surface area contributed by atoms with E-state index in [9.17, 15) is 14.4 Å². The molecule has 0 aliphatic carbocycles. The van der Waals surface area contributed by atoms with E-state index in [1.54, 1.807) is 9.58 Å². The SMILES string of the molecule is CC[C@H](C)[C@@H]1NC(=O)CCCN(C(=O)[C@H](OC)c2ccccc2)CCn2nc(C)nc2[C@H](Cc2ccccc2)NC1=O. The zero-order valence-corrected chi connectivity index (χ0v) is 25.0. The van der Waals surface area contributed by atoms with Gasteiger partial charge in [-0.3, -0.25) is 14.4 Å². The maximum absolute atomic E-state index is 13.8. The van der Waals surface area contributed by atoms with Crippen molar-refractivity contribution in [1.29, 1.82) is 0 Å². The topological polar surface area (TPSA) is 118 Å². The largest absolute Gasteiger partial charge is 0.367 e. The minimum atomic E-state index is -0.768. The van der Waals surface area contributed by atoms with Crippen molar-refractivity contribution in [3.8, 4) is 0 Å². The lowest BCUT2D eigenvalue weighted by molar-refractivity contribution is -0.143. The second-order valence-corrected chi connectivity index (χ2v) is 10.9. The highest BCUT2D eigenvalue weighted by atomic mass is 16.5. The highest BCUT2D eigenvalue weighted by Gasteiger charge is 2.31. The summed E-state index contributed by atoms with van der Waals surface area (Å²) < 4.78 is 7.44. The normalized spacial score (nSPS) is 20.0. The Labute approximate surface area is 247 Å². The number of amides is 3. The van der Waals surface area contributed by atoms with E-state index in [0.29, 0.717) is 44.1 Å². The number of benzene rings is 2. The molecule has 1 aliphatic heterocycles. The molecule has 42 heavy (non-hydrogen) atoms. The number of nitrogens with zero attached hydrogens (tertiary/aromatic N) is 4. The van der Waals surface area contributed by atoms with Crippen LogP contribution in [0.2, 0.25) is 0 Å². The average molecular weight is 575 g/mol. The van der Waals surface area contributed by atoms with Crippen LogP contribution in [0.3, 0.4) is 0 Å². The standard InChI is InChI=1S/C32H42N6O4/c1-5-22(2)28-31(40)34-26(21-24-13-8-6-9-14-24)30-33-23(3)36-38(30)20-19-37(18-12-17-27(39)35-28)32(41)29(42-4)25-15-10-7-11-16-25/h6-11,13-16,22,26,28-29H,5,12,17-21H2,1-4H3,(H,34,40)(H,35,39)/t22-,26-,28-,29+/m0/s1. The molecule has 2 N–H and O–H groups in total. The predicted molar refractivity (Wildman–Crippen MR) is 159 cm³/mol.